The van der Waals surface area contributed by atoms with Crippen molar-refractivity contribution in [1.29, 1.82) is 0 Å². The molecule has 4 saturated heterocycles. The lowest BCUT2D eigenvalue weighted by atomic mass is 9.70. The van der Waals surface area contributed by atoms with Crippen LogP contribution in [0.4, 0.5) is 5.13 Å². The monoisotopic (exact) mass is 595 g/mol. The maximum Gasteiger partial charge on any atom is 0.352 e. The molecule has 1 aromatic heterocycles. The van der Waals surface area contributed by atoms with Gasteiger partial charge in [-0.25, -0.2) is 9.59 Å². The minimum absolute atomic E-state index is 0.0281. The second kappa shape index (κ2) is 10.3. The van der Waals surface area contributed by atoms with E-state index in [1.807, 2.05) is 0 Å². The number of carboxylic acids is 2. The van der Waals surface area contributed by atoms with E-state index in [0.29, 0.717) is 61.3 Å². The number of carboxylic acid groups (broad SMARTS) is 2. The Morgan fingerprint density at radius 3 is 2.42 bits per heavy atom. The van der Waals surface area contributed by atoms with Gasteiger partial charge in [0.05, 0.1) is 25.0 Å². The van der Waals surface area contributed by atoms with Crippen molar-refractivity contribution in [2.75, 3.05) is 44.3 Å². The maximum absolute atomic E-state index is 13.2. The molecule has 0 aromatic carbocycles. The van der Waals surface area contributed by atoms with Crippen LogP contribution in [0.2, 0.25) is 0 Å². The van der Waals surface area contributed by atoms with Crippen molar-refractivity contribution in [3.63, 3.8) is 0 Å². The number of rotatable bonds is 10. The molecular weight excluding hydrogens is 568 g/mol. The molecule has 0 radical (unpaired) electrons. The number of amides is 3. The molecule has 18 heteroatoms. The summed E-state index contributed by atoms with van der Waals surface area (Å²) in [6, 6.07) is -1.07. The predicted octanol–water partition coefficient (Wildman–Crippen LogP) is -1.85. The third-order valence-corrected chi connectivity index (χ3v) is 9.87. The van der Waals surface area contributed by atoms with E-state index in [0.717, 1.165) is 11.5 Å². The molecule has 16 nitrogen and oxygen atoms in total. The first-order valence-corrected chi connectivity index (χ1v) is 14.1. The van der Waals surface area contributed by atoms with Crippen LogP contribution >= 0.6 is 23.3 Å². The van der Waals surface area contributed by atoms with Crippen LogP contribution in [0.25, 0.3) is 0 Å². The number of oxime groups is 1. The van der Waals surface area contributed by atoms with E-state index in [9.17, 15) is 29.1 Å². The maximum atomic E-state index is 13.2. The van der Waals surface area contributed by atoms with E-state index in [1.54, 1.807) is 0 Å². The Bertz CT molecular complexity index is 1340. The number of carbonyl (C=O) groups is 5. The van der Waals surface area contributed by atoms with Crippen LogP contribution in [0.3, 0.4) is 0 Å². The third-order valence-electron chi connectivity index (χ3n) is 7.99. The molecule has 6 rings (SSSR count). The van der Waals surface area contributed by atoms with Crippen molar-refractivity contribution >= 4 is 63.8 Å². The van der Waals surface area contributed by atoms with E-state index in [1.165, 1.54) is 16.7 Å². The smallest absolute Gasteiger partial charge is 0.352 e. The van der Waals surface area contributed by atoms with E-state index >= 15 is 0 Å². The highest BCUT2D eigenvalue weighted by atomic mass is 32.2. The number of hydrogen-bond donors (Lipinski definition) is 5. The van der Waals surface area contributed by atoms with E-state index in [4.69, 9.17) is 16.6 Å². The van der Waals surface area contributed by atoms with Gasteiger partial charge < -0.3 is 36.3 Å². The zero-order chi connectivity index (χ0) is 28.8. The molecule has 4 fully saturated rings. The summed E-state index contributed by atoms with van der Waals surface area (Å²) in [4.78, 5) is 71.1. The summed E-state index contributed by atoms with van der Waals surface area (Å²) in [5, 5.41) is 24.3. The minimum Gasteiger partial charge on any atom is -0.479 e. The van der Waals surface area contributed by atoms with Gasteiger partial charge in [0.1, 0.15) is 23.7 Å². The average Bonchev–Trinajstić information content (AvgIpc) is 3.35. The fourth-order valence-corrected chi connectivity index (χ4v) is 7.53. The van der Waals surface area contributed by atoms with Gasteiger partial charge in [0.15, 0.2) is 5.13 Å². The van der Waals surface area contributed by atoms with Gasteiger partial charge in [-0.2, -0.15) is 9.36 Å². The van der Waals surface area contributed by atoms with Gasteiger partial charge in [0.2, 0.25) is 24.1 Å². The normalized spacial score (nSPS) is 29.4. The Morgan fingerprint density at radius 1 is 1.20 bits per heavy atom. The number of primary amides is 1. The molecule has 5 aliphatic rings. The van der Waals surface area contributed by atoms with Crippen LogP contribution < -0.4 is 16.8 Å². The molecule has 2 atom stereocenters. The van der Waals surface area contributed by atoms with Gasteiger partial charge in [-0.05, 0) is 0 Å². The van der Waals surface area contributed by atoms with Gasteiger partial charge in [0, 0.05) is 42.1 Å². The molecule has 0 aliphatic carbocycles. The zero-order valence-electron chi connectivity index (χ0n) is 21.1. The number of aromatic nitrogens is 2. The highest BCUT2D eigenvalue weighted by Crippen LogP contribution is 2.46. The molecule has 5 aliphatic heterocycles. The Kier molecular flexibility index (Phi) is 7.17. The zero-order valence-corrected chi connectivity index (χ0v) is 22.7. The largest absolute Gasteiger partial charge is 0.479 e. The number of fused-ring (bicyclic) bond motifs is 4. The molecule has 0 spiro atoms. The van der Waals surface area contributed by atoms with E-state index in [2.05, 4.69) is 24.7 Å². The number of nitrogens with zero attached hydrogens (tertiary/aromatic N) is 5. The van der Waals surface area contributed by atoms with Gasteiger partial charge in [-0.1, -0.05) is 5.16 Å². The lowest BCUT2D eigenvalue weighted by Gasteiger charge is -2.55. The van der Waals surface area contributed by atoms with Crippen molar-refractivity contribution < 1.29 is 43.5 Å². The SMILES string of the molecule is NC(=O)C12CC[N+](CC3=C(C(=O)O)N4C(=O)[C@@H](NC(=O)/C(=N\OCC(=O)O)c5nsc(N)n5)[C@H]4SC3)(CC1)CC2. The predicted molar refractivity (Wildman–Crippen MR) is 139 cm³/mol. The number of aliphatic carboxylic acids is 2. The van der Waals surface area contributed by atoms with Crippen LogP contribution in [0.1, 0.15) is 25.1 Å². The summed E-state index contributed by atoms with van der Waals surface area (Å²) in [5.74, 6) is -4.22. The summed E-state index contributed by atoms with van der Waals surface area (Å²) < 4.78 is 4.54. The van der Waals surface area contributed by atoms with Crippen molar-refractivity contribution in [3.05, 3.63) is 17.1 Å². The summed E-state index contributed by atoms with van der Waals surface area (Å²) in [6.45, 7) is 1.75. The second-order valence-corrected chi connectivity index (χ2v) is 12.1. The Morgan fingerprint density at radius 2 is 1.88 bits per heavy atom. The topological polar surface area (TPSA) is 240 Å². The average molecular weight is 596 g/mol. The molecular formula is C22H27N8O8S2+. The standard InChI is InChI=1S/C22H26N8O8S2/c23-20(37)22-1-4-30(5-2-22,6-3-22)7-10-9-39-18-13(17(34)29(18)14(10)19(35)36)25-16(33)12(27-38-8-11(31)32)15-26-21(24)40-28-15/h13,18H,1-9H2,(H6-,23,24,25,26,28,31,32,33,35,36,37)/p+1/b27-12-/t13-,18-,22?,30?/m1/s1. The van der Waals surface area contributed by atoms with Crippen LogP contribution in [0.5, 0.6) is 0 Å². The van der Waals surface area contributed by atoms with Crippen LogP contribution in [0, 0.1) is 5.41 Å². The summed E-state index contributed by atoms with van der Waals surface area (Å²) in [5.41, 5.74) is 10.8. The van der Waals surface area contributed by atoms with E-state index in [-0.39, 0.29) is 22.6 Å². The number of anilines is 1. The van der Waals surface area contributed by atoms with Crippen LogP contribution in [0.15, 0.2) is 16.4 Å². The van der Waals surface area contributed by atoms with Gasteiger partial charge in [-0.3, -0.25) is 19.3 Å². The first-order valence-electron chi connectivity index (χ1n) is 12.3. The first kappa shape index (κ1) is 27.8. The fourth-order valence-electron chi connectivity index (χ4n) is 5.76. The van der Waals surface area contributed by atoms with Crippen LogP contribution in [-0.2, 0) is 28.8 Å². The number of hydrogen-bond acceptors (Lipinski definition) is 12. The molecule has 40 heavy (non-hydrogen) atoms. The van der Waals surface area contributed by atoms with E-state index < -0.39 is 52.9 Å². The highest BCUT2D eigenvalue weighted by Gasteiger charge is 2.57. The summed E-state index contributed by atoms with van der Waals surface area (Å²) >= 11 is 2.11. The molecule has 2 bridgehead atoms. The third kappa shape index (κ3) is 4.86. The second-order valence-electron chi connectivity index (χ2n) is 10.2. The first-order chi connectivity index (χ1) is 19.0. The number of nitrogens with one attached hydrogen (secondary N) is 1. The Labute approximate surface area is 235 Å². The number of piperidine rings is 3. The Hall–Kier alpha value is -3.77. The molecule has 6 heterocycles. The number of nitrogens with two attached hydrogens (primary N) is 2. The molecule has 3 amide bonds. The Balaban J connectivity index is 1.31. The van der Waals surface area contributed by atoms with Gasteiger partial charge >= 0.3 is 11.9 Å². The number of nitrogen functional groups attached to an aromatic ring is 1. The molecule has 7 N–H and O–H groups in total. The lowest BCUT2D eigenvalue weighted by molar-refractivity contribution is -0.940. The lowest BCUT2D eigenvalue weighted by Crippen LogP contribution is -2.71. The van der Waals surface area contributed by atoms with Crippen molar-refractivity contribution in [2.45, 2.75) is 30.7 Å². The summed E-state index contributed by atoms with van der Waals surface area (Å²) in [6.07, 6.45) is 1.97. The number of carbonyl (C=O) groups excluding carboxylic acids is 3. The molecule has 214 valence electrons. The van der Waals surface area contributed by atoms with Gasteiger partial charge in [-0.15, -0.1) is 11.8 Å². The minimum atomic E-state index is -1.33. The van der Waals surface area contributed by atoms with Crippen LogP contribution in [-0.4, -0.2) is 114 Å². The fraction of sp³-hybridized carbons (Fsp3) is 0.545. The highest BCUT2D eigenvalue weighted by molar-refractivity contribution is 8.00. The van der Waals surface area contributed by atoms with Crippen molar-refractivity contribution in [3.8, 4) is 0 Å². The van der Waals surface area contributed by atoms with Crippen molar-refractivity contribution in [1.82, 2.24) is 19.6 Å². The molecule has 1 aromatic rings. The summed E-state index contributed by atoms with van der Waals surface area (Å²) in [7, 11) is 0. The molecule has 0 unspecified atom stereocenters. The van der Waals surface area contributed by atoms with Gasteiger partial charge in [0.25, 0.3) is 11.8 Å². The molecule has 0 saturated carbocycles. The quantitative estimate of drug-likeness (QED) is 0.0867. The number of quaternary nitrogens is 1. The number of thioether (sulfide) groups is 1. The van der Waals surface area contributed by atoms with Crippen molar-refractivity contribution in [2.24, 2.45) is 16.3 Å². The number of β-lactam (4-membered cyclic amide) rings is 1.